The van der Waals surface area contributed by atoms with Gasteiger partial charge in [0.05, 0.1) is 17.2 Å². The fraction of sp³-hybridized carbons (Fsp3) is 0.333. The van der Waals surface area contributed by atoms with Crippen molar-refractivity contribution in [3.63, 3.8) is 0 Å². The molecule has 0 atom stereocenters. The van der Waals surface area contributed by atoms with E-state index in [0.717, 1.165) is 12.3 Å². The van der Waals surface area contributed by atoms with Gasteiger partial charge in [-0.1, -0.05) is 12.1 Å². The average Bonchev–Trinajstić information content (AvgIpc) is 2.24. The zero-order chi connectivity index (χ0) is 15.6. The maximum Gasteiger partial charge on any atom is 0.240 e. The lowest BCUT2D eigenvalue weighted by Gasteiger charge is -2.10. The highest BCUT2D eigenvalue weighted by Crippen LogP contribution is 2.20. The molecule has 0 spiro atoms. The van der Waals surface area contributed by atoms with Crippen LogP contribution in [-0.2, 0) is 29.9 Å². The molecule has 0 aliphatic rings. The van der Waals surface area contributed by atoms with Crippen molar-refractivity contribution in [1.29, 1.82) is 0 Å². The number of para-hydroxylation sites is 1. The number of benzene rings is 1. The van der Waals surface area contributed by atoms with Crippen LogP contribution in [0, 0.1) is 0 Å². The first-order valence-electron chi connectivity index (χ1n) is 5.21. The number of hydrogen-bond donors (Lipinski definition) is 2. The summed E-state index contributed by atoms with van der Waals surface area (Å²) in [6, 6.07) is 5.17. The second-order valence-electron chi connectivity index (χ2n) is 4.09. The van der Waals surface area contributed by atoms with E-state index in [1.165, 1.54) is 18.2 Å². The number of rotatable bonds is 6. The lowest BCUT2D eigenvalue weighted by molar-refractivity contribution is 0.592. The summed E-state index contributed by atoms with van der Waals surface area (Å²) in [5.74, 6) is -1.25. The molecule has 0 heterocycles. The van der Waals surface area contributed by atoms with Crippen LogP contribution in [0.5, 0.6) is 0 Å². The third-order valence-electron chi connectivity index (χ3n) is 2.18. The van der Waals surface area contributed by atoms with Crippen molar-refractivity contribution in [2.45, 2.75) is 4.90 Å². The Morgan fingerprint density at radius 2 is 1.55 bits per heavy atom. The highest BCUT2D eigenvalue weighted by atomic mass is 32.2. The van der Waals surface area contributed by atoms with Crippen molar-refractivity contribution in [2.24, 2.45) is 5.14 Å². The van der Waals surface area contributed by atoms with Gasteiger partial charge in [0.2, 0.25) is 20.0 Å². The molecule has 0 bridgehead atoms. The predicted molar refractivity (Wildman–Crippen MR) is 74.9 cm³/mol. The summed E-state index contributed by atoms with van der Waals surface area (Å²) in [6.45, 7) is 0. The van der Waals surface area contributed by atoms with Gasteiger partial charge in [0.25, 0.3) is 0 Å². The van der Waals surface area contributed by atoms with Crippen molar-refractivity contribution in [1.82, 2.24) is 0 Å². The number of sulfone groups is 1. The second-order valence-corrected chi connectivity index (χ2v) is 9.72. The van der Waals surface area contributed by atoms with Crippen LogP contribution < -0.4 is 9.86 Å². The van der Waals surface area contributed by atoms with E-state index in [1.807, 2.05) is 4.72 Å². The molecule has 0 fully saturated rings. The second kappa shape index (κ2) is 5.68. The zero-order valence-electron chi connectivity index (χ0n) is 10.5. The topological polar surface area (TPSA) is 140 Å². The predicted octanol–water partition coefficient (Wildman–Crippen LogP) is -0.880. The molecule has 3 N–H and O–H groups in total. The Balaban J connectivity index is 3.05. The maximum absolute atomic E-state index is 11.7. The van der Waals surface area contributed by atoms with Gasteiger partial charge >= 0.3 is 0 Å². The van der Waals surface area contributed by atoms with E-state index in [0.29, 0.717) is 0 Å². The quantitative estimate of drug-likeness (QED) is 0.688. The zero-order valence-corrected chi connectivity index (χ0v) is 12.9. The smallest absolute Gasteiger partial charge is 0.240 e. The molecular weight excluding hydrogens is 328 g/mol. The lowest BCUT2D eigenvalue weighted by Crippen LogP contribution is -2.24. The molecule has 0 aliphatic heterocycles. The molecular formula is C9H14N2O6S3. The van der Waals surface area contributed by atoms with E-state index < -0.39 is 41.4 Å². The molecule has 0 unspecified atom stereocenters. The Morgan fingerprint density at radius 3 is 2.05 bits per heavy atom. The van der Waals surface area contributed by atoms with Gasteiger partial charge < -0.3 is 0 Å². The van der Waals surface area contributed by atoms with Crippen LogP contribution in [0.4, 0.5) is 5.69 Å². The minimum Gasteiger partial charge on any atom is -0.282 e. The van der Waals surface area contributed by atoms with E-state index in [1.54, 1.807) is 0 Å². The monoisotopic (exact) mass is 342 g/mol. The fourth-order valence-corrected chi connectivity index (χ4v) is 4.74. The number of sulfonamides is 2. The third kappa shape index (κ3) is 5.45. The SMILES string of the molecule is CS(=O)(=O)CCS(=O)(=O)Nc1ccccc1S(N)(=O)=O. The third-order valence-corrected chi connectivity index (χ3v) is 5.63. The minimum absolute atomic E-state index is 0.219. The molecule has 0 aliphatic carbocycles. The normalized spacial score (nSPS) is 13.1. The van der Waals surface area contributed by atoms with Crippen molar-refractivity contribution < 1.29 is 25.3 Å². The number of nitrogens with two attached hydrogens (primary N) is 1. The largest absolute Gasteiger partial charge is 0.282 e. The minimum atomic E-state index is -4.09. The Bertz CT molecular complexity index is 796. The summed E-state index contributed by atoms with van der Waals surface area (Å²) in [5, 5.41) is 4.96. The molecule has 1 aromatic carbocycles. The molecule has 0 radical (unpaired) electrons. The van der Waals surface area contributed by atoms with Gasteiger partial charge in [-0.25, -0.2) is 30.4 Å². The molecule has 1 aromatic rings. The van der Waals surface area contributed by atoms with Crippen LogP contribution in [-0.4, -0.2) is 43.0 Å². The fourth-order valence-electron chi connectivity index (χ4n) is 1.28. The molecule has 0 amide bonds. The molecule has 20 heavy (non-hydrogen) atoms. The van der Waals surface area contributed by atoms with Crippen LogP contribution in [0.15, 0.2) is 29.2 Å². The average molecular weight is 342 g/mol. The summed E-state index contributed by atoms with van der Waals surface area (Å²) in [7, 11) is -11.5. The first-order chi connectivity index (χ1) is 8.91. The van der Waals surface area contributed by atoms with Gasteiger partial charge in [-0.15, -0.1) is 0 Å². The van der Waals surface area contributed by atoms with Gasteiger partial charge in [-0.3, -0.25) is 4.72 Å². The molecule has 114 valence electrons. The summed E-state index contributed by atoms with van der Waals surface area (Å²) in [6.07, 6.45) is 0.904. The summed E-state index contributed by atoms with van der Waals surface area (Å²) < 4.78 is 69.9. The van der Waals surface area contributed by atoms with E-state index in [4.69, 9.17) is 5.14 Å². The van der Waals surface area contributed by atoms with Crippen LogP contribution in [0.3, 0.4) is 0 Å². The molecule has 1 rings (SSSR count). The van der Waals surface area contributed by atoms with Gasteiger partial charge in [0.15, 0.2) is 0 Å². The first-order valence-corrected chi connectivity index (χ1v) is 10.5. The number of hydrogen-bond acceptors (Lipinski definition) is 6. The van der Waals surface area contributed by atoms with Crippen LogP contribution in [0.2, 0.25) is 0 Å². The number of primary sulfonamides is 1. The highest BCUT2D eigenvalue weighted by molar-refractivity contribution is 7.95. The Morgan fingerprint density at radius 1 is 1.00 bits per heavy atom. The summed E-state index contributed by atoms with van der Waals surface area (Å²) in [4.78, 5) is -0.386. The van der Waals surface area contributed by atoms with Crippen molar-refractivity contribution in [3.05, 3.63) is 24.3 Å². The first kappa shape index (κ1) is 16.9. The summed E-state index contributed by atoms with van der Waals surface area (Å²) in [5.41, 5.74) is -0.219. The van der Waals surface area contributed by atoms with Crippen LogP contribution >= 0.6 is 0 Å². The van der Waals surface area contributed by atoms with Gasteiger partial charge in [0.1, 0.15) is 14.7 Å². The summed E-state index contributed by atoms with van der Waals surface area (Å²) >= 11 is 0. The Labute approximate surface area is 118 Å². The van der Waals surface area contributed by atoms with E-state index in [-0.39, 0.29) is 10.6 Å². The number of nitrogens with one attached hydrogen (secondary N) is 1. The molecule has 0 aromatic heterocycles. The molecule has 11 heteroatoms. The van der Waals surface area contributed by atoms with E-state index >= 15 is 0 Å². The maximum atomic E-state index is 11.7. The lowest BCUT2D eigenvalue weighted by atomic mass is 10.3. The molecule has 0 saturated carbocycles. The molecule has 8 nitrogen and oxygen atoms in total. The van der Waals surface area contributed by atoms with Gasteiger partial charge in [-0.05, 0) is 12.1 Å². The van der Waals surface area contributed by atoms with E-state index in [9.17, 15) is 25.3 Å². The van der Waals surface area contributed by atoms with Gasteiger partial charge in [-0.2, -0.15) is 0 Å². The number of anilines is 1. The van der Waals surface area contributed by atoms with Crippen molar-refractivity contribution in [3.8, 4) is 0 Å². The van der Waals surface area contributed by atoms with Crippen molar-refractivity contribution in [2.75, 3.05) is 22.5 Å². The van der Waals surface area contributed by atoms with E-state index in [2.05, 4.69) is 0 Å². The van der Waals surface area contributed by atoms with Gasteiger partial charge in [0, 0.05) is 6.26 Å². The molecule has 0 saturated heterocycles. The highest BCUT2D eigenvalue weighted by Gasteiger charge is 2.19. The van der Waals surface area contributed by atoms with Crippen LogP contribution in [0.1, 0.15) is 0 Å². The Kier molecular flexibility index (Phi) is 4.79. The Hall–Kier alpha value is -1.17. The standard InChI is InChI=1S/C9H14N2O6S3/c1-18(12,13)6-7-19(14,15)11-8-4-2-3-5-9(8)20(10,16)17/h2-5,11H,6-7H2,1H3,(H2,10,16,17). The van der Waals surface area contributed by atoms with Crippen molar-refractivity contribution >= 4 is 35.6 Å². The van der Waals surface area contributed by atoms with Crippen LogP contribution in [0.25, 0.3) is 0 Å².